The minimum Gasteiger partial charge on any atom is -0.497 e. The molecule has 0 aliphatic heterocycles. The predicted molar refractivity (Wildman–Crippen MR) is 107 cm³/mol. The Hall–Kier alpha value is -3.15. The van der Waals surface area contributed by atoms with E-state index in [4.69, 9.17) is 4.74 Å². The van der Waals surface area contributed by atoms with Gasteiger partial charge in [0.2, 0.25) is 0 Å². The van der Waals surface area contributed by atoms with E-state index in [0.29, 0.717) is 11.5 Å². The summed E-state index contributed by atoms with van der Waals surface area (Å²) in [6.45, 7) is 2.77. The Bertz CT molecular complexity index is 978. The summed E-state index contributed by atoms with van der Waals surface area (Å²) in [4.78, 5) is 17.4. The summed E-state index contributed by atoms with van der Waals surface area (Å²) >= 11 is 0. The van der Waals surface area contributed by atoms with Crippen molar-refractivity contribution in [3.8, 4) is 16.9 Å². The minimum absolute atomic E-state index is 0.0905. The number of rotatable bonds is 7. The maximum absolute atomic E-state index is 13.0. The minimum atomic E-state index is -0.101. The van der Waals surface area contributed by atoms with Gasteiger partial charge >= 0.3 is 0 Å². The molecule has 2 aromatic carbocycles. The van der Waals surface area contributed by atoms with Crippen LogP contribution in [0.15, 0.2) is 54.9 Å². The number of carbonyl (C=O) groups excluding carboxylic acids is 1. The Balaban J connectivity index is 1.57. The normalized spacial score (nSPS) is 14.5. The molecule has 0 bridgehead atoms. The van der Waals surface area contributed by atoms with Crippen molar-refractivity contribution in [3.05, 3.63) is 66.2 Å². The van der Waals surface area contributed by atoms with Gasteiger partial charge in [-0.05, 0) is 61.1 Å². The number of benzene rings is 2. The maximum Gasteiger partial charge on any atom is 0.251 e. The molecule has 144 valence electrons. The molecule has 1 aliphatic rings. The van der Waals surface area contributed by atoms with Gasteiger partial charge in [0.1, 0.15) is 17.9 Å². The smallest absolute Gasteiger partial charge is 0.251 e. The molecule has 0 saturated heterocycles. The monoisotopic (exact) mass is 376 g/mol. The highest BCUT2D eigenvalue weighted by Gasteiger charge is 2.36. The summed E-state index contributed by atoms with van der Waals surface area (Å²) in [6, 6.07) is 15.4. The van der Waals surface area contributed by atoms with Crippen LogP contribution in [0, 0.1) is 5.92 Å². The molecule has 0 spiro atoms. The summed E-state index contributed by atoms with van der Waals surface area (Å²) in [5.74, 6) is 1.97. The lowest BCUT2D eigenvalue weighted by atomic mass is 10.0. The molecule has 1 heterocycles. The van der Waals surface area contributed by atoms with E-state index in [2.05, 4.69) is 15.4 Å². The Labute approximate surface area is 164 Å². The van der Waals surface area contributed by atoms with Crippen LogP contribution in [0.4, 0.5) is 0 Å². The number of aryl methyl sites for hydroxylation is 1. The van der Waals surface area contributed by atoms with Crippen molar-refractivity contribution in [2.24, 2.45) is 5.92 Å². The summed E-state index contributed by atoms with van der Waals surface area (Å²) in [5.41, 5.74) is 2.62. The zero-order valence-corrected chi connectivity index (χ0v) is 16.1. The standard InChI is InChI=1S/C22H24N4O2/c1-3-26-21(23-14-24-26)20(15-10-11-15)25-22(27)18-8-4-6-16(12-18)17-7-5-9-19(13-17)28-2/h4-9,12-15,20H,3,10-11H2,1-2H3,(H,25,27)/t20-/m0/s1. The number of nitrogens with one attached hydrogen (secondary N) is 1. The fraction of sp³-hybridized carbons (Fsp3) is 0.318. The highest BCUT2D eigenvalue weighted by atomic mass is 16.5. The van der Waals surface area contributed by atoms with E-state index in [1.807, 2.05) is 60.1 Å². The third-order valence-electron chi connectivity index (χ3n) is 5.13. The van der Waals surface area contributed by atoms with Gasteiger partial charge in [0.25, 0.3) is 5.91 Å². The van der Waals surface area contributed by atoms with E-state index >= 15 is 0 Å². The first-order chi connectivity index (χ1) is 13.7. The lowest BCUT2D eigenvalue weighted by Gasteiger charge is -2.18. The first-order valence-electron chi connectivity index (χ1n) is 9.62. The summed E-state index contributed by atoms with van der Waals surface area (Å²) in [5, 5.41) is 7.44. The number of hydrogen-bond acceptors (Lipinski definition) is 4. The second-order valence-corrected chi connectivity index (χ2v) is 7.04. The van der Waals surface area contributed by atoms with Crippen LogP contribution in [0.5, 0.6) is 5.75 Å². The molecule has 1 atom stereocenters. The van der Waals surface area contributed by atoms with Crippen molar-refractivity contribution < 1.29 is 9.53 Å². The van der Waals surface area contributed by atoms with Crippen LogP contribution in [-0.2, 0) is 6.54 Å². The summed E-state index contributed by atoms with van der Waals surface area (Å²) < 4.78 is 7.17. The van der Waals surface area contributed by atoms with Crippen LogP contribution in [0.2, 0.25) is 0 Å². The van der Waals surface area contributed by atoms with E-state index in [9.17, 15) is 4.79 Å². The molecule has 1 fully saturated rings. The zero-order chi connectivity index (χ0) is 19.5. The number of aromatic nitrogens is 3. The van der Waals surface area contributed by atoms with Crippen molar-refractivity contribution in [1.82, 2.24) is 20.1 Å². The molecule has 1 N–H and O–H groups in total. The van der Waals surface area contributed by atoms with Crippen molar-refractivity contribution >= 4 is 5.91 Å². The van der Waals surface area contributed by atoms with Crippen LogP contribution in [0.1, 0.15) is 42.0 Å². The number of nitrogens with zero attached hydrogens (tertiary/aromatic N) is 3. The quantitative estimate of drug-likeness (QED) is 0.680. The molecule has 0 radical (unpaired) electrons. The van der Waals surface area contributed by atoms with Gasteiger partial charge in [-0.1, -0.05) is 24.3 Å². The lowest BCUT2D eigenvalue weighted by Crippen LogP contribution is -2.32. The molecule has 1 aromatic heterocycles. The van der Waals surface area contributed by atoms with E-state index < -0.39 is 0 Å². The topological polar surface area (TPSA) is 69.0 Å². The molecular weight excluding hydrogens is 352 g/mol. The molecule has 6 heteroatoms. The first-order valence-corrected chi connectivity index (χ1v) is 9.62. The first kappa shape index (κ1) is 18.2. The lowest BCUT2D eigenvalue weighted by molar-refractivity contribution is 0.0928. The Morgan fingerprint density at radius 3 is 2.68 bits per heavy atom. The van der Waals surface area contributed by atoms with E-state index in [1.165, 1.54) is 0 Å². The van der Waals surface area contributed by atoms with Gasteiger partial charge in [-0.2, -0.15) is 5.10 Å². The van der Waals surface area contributed by atoms with Crippen LogP contribution >= 0.6 is 0 Å². The van der Waals surface area contributed by atoms with E-state index in [-0.39, 0.29) is 11.9 Å². The van der Waals surface area contributed by atoms with Gasteiger partial charge in [0.15, 0.2) is 0 Å². The molecular formula is C22H24N4O2. The molecule has 3 aromatic rings. The molecule has 1 amide bonds. The second kappa shape index (κ2) is 7.84. The zero-order valence-electron chi connectivity index (χ0n) is 16.1. The molecule has 6 nitrogen and oxygen atoms in total. The molecule has 0 unspecified atom stereocenters. The molecule has 28 heavy (non-hydrogen) atoms. The fourth-order valence-electron chi connectivity index (χ4n) is 3.45. The Kier molecular flexibility index (Phi) is 5.10. The van der Waals surface area contributed by atoms with Gasteiger partial charge in [0.05, 0.1) is 13.2 Å². The third-order valence-corrected chi connectivity index (χ3v) is 5.13. The number of carbonyl (C=O) groups is 1. The van der Waals surface area contributed by atoms with Crippen LogP contribution in [0.3, 0.4) is 0 Å². The van der Waals surface area contributed by atoms with Crippen molar-refractivity contribution in [2.45, 2.75) is 32.4 Å². The van der Waals surface area contributed by atoms with Crippen LogP contribution in [-0.4, -0.2) is 27.8 Å². The average molecular weight is 376 g/mol. The maximum atomic E-state index is 13.0. The SMILES string of the molecule is CCn1ncnc1[C@@H](NC(=O)c1cccc(-c2cccc(OC)c2)c1)C1CC1. The highest BCUT2D eigenvalue weighted by Crippen LogP contribution is 2.40. The van der Waals surface area contributed by atoms with Gasteiger partial charge in [-0.15, -0.1) is 0 Å². The largest absolute Gasteiger partial charge is 0.497 e. The van der Waals surface area contributed by atoms with Gasteiger partial charge in [-0.25, -0.2) is 9.67 Å². The van der Waals surface area contributed by atoms with Crippen molar-refractivity contribution in [1.29, 1.82) is 0 Å². The second-order valence-electron chi connectivity index (χ2n) is 7.04. The third kappa shape index (κ3) is 3.76. The highest BCUT2D eigenvalue weighted by molar-refractivity contribution is 5.95. The predicted octanol–water partition coefficient (Wildman–Crippen LogP) is 3.85. The van der Waals surface area contributed by atoms with E-state index in [0.717, 1.165) is 42.1 Å². The Morgan fingerprint density at radius 2 is 1.96 bits per heavy atom. The van der Waals surface area contributed by atoms with Gasteiger partial charge in [-0.3, -0.25) is 4.79 Å². The molecule has 1 aliphatic carbocycles. The Morgan fingerprint density at radius 1 is 1.21 bits per heavy atom. The molecule has 4 rings (SSSR count). The molecule has 1 saturated carbocycles. The number of hydrogen-bond donors (Lipinski definition) is 1. The van der Waals surface area contributed by atoms with Crippen LogP contribution < -0.4 is 10.1 Å². The van der Waals surface area contributed by atoms with E-state index in [1.54, 1.807) is 13.4 Å². The van der Waals surface area contributed by atoms with Gasteiger partial charge < -0.3 is 10.1 Å². The van der Waals surface area contributed by atoms with Crippen molar-refractivity contribution in [2.75, 3.05) is 7.11 Å². The van der Waals surface area contributed by atoms with Crippen molar-refractivity contribution in [3.63, 3.8) is 0 Å². The number of amides is 1. The summed E-state index contributed by atoms with van der Waals surface area (Å²) in [7, 11) is 1.65. The average Bonchev–Trinajstić information content (AvgIpc) is 3.48. The fourth-order valence-corrected chi connectivity index (χ4v) is 3.45. The number of ether oxygens (including phenoxy) is 1. The van der Waals surface area contributed by atoms with Gasteiger partial charge in [0, 0.05) is 12.1 Å². The number of methoxy groups -OCH3 is 1. The summed E-state index contributed by atoms with van der Waals surface area (Å²) in [6.07, 6.45) is 3.76. The van der Waals surface area contributed by atoms with Crippen LogP contribution in [0.25, 0.3) is 11.1 Å².